The maximum Gasteiger partial charge on any atom is 0.137 e. The molecule has 1 aliphatic carbocycles. The van der Waals surface area contributed by atoms with Crippen LogP contribution in [-0.4, -0.2) is 24.3 Å². The zero-order valence-corrected chi connectivity index (χ0v) is 12.2. The van der Waals surface area contributed by atoms with Gasteiger partial charge in [0.2, 0.25) is 0 Å². The van der Waals surface area contributed by atoms with Crippen molar-refractivity contribution in [2.75, 3.05) is 13.1 Å². The molecule has 0 aromatic carbocycles. The molecule has 1 aromatic rings. The first-order valence-corrected chi connectivity index (χ1v) is 7.62. The van der Waals surface area contributed by atoms with Gasteiger partial charge in [0.1, 0.15) is 5.76 Å². The van der Waals surface area contributed by atoms with Crippen LogP contribution in [0.15, 0.2) is 10.6 Å². The second kappa shape index (κ2) is 7.65. The topological polar surface area (TPSA) is 50.1 Å². The van der Waals surface area contributed by atoms with E-state index in [0.29, 0.717) is 5.92 Å². The lowest BCUT2D eigenvalue weighted by atomic mass is 10.2. The van der Waals surface area contributed by atoms with Crippen molar-refractivity contribution in [3.63, 3.8) is 0 Å². The molecule has 0 bridgehead atoms. The van der Waals surface area contributed by atoms with Crippen LogP contribution in [0.2, 0.25) is 0 Å². The van der Waals surface area contributed by atoms with E-state index in [4.69, 9.17) is 4.52 Å². The van der Waals surface area contributed by atoms with Gasteiger partial charge in [-0.25, -0.2) is 0 Å². The van der Waals surface area contributed by atoms with E-state index in [1.165, 1.54) is 25.7 Å². The number of unbranched alkanes of at least 4 members (excludes halogenated alkanes) is 1. The van der Waals surface area contributed by atoms with Gasteiger partial charge in [-0.2, -0.15) is 0 Å². The minimum atomic E-state index is 0.672. The minimum Gasteiger partial charge on any atom is -0.361 e. The third-order valence-corrected chi connectivity index (χ3v) is 3.33. The average molecular weight is 265 g/mol. The molecule has 0 radical (unpaired) electrons. The first-order chi connectivity index (χ1) is 9.24. The molecule has 0 aliphatic heterocycles. The maximum absolute atomic E-state index is 5.35. The lowest BCUT2D eigenvalue weighted by molar-refractivity contribution is 0.370. The molecule has 4 heteroatoms. The lowest BCUT2D eigenvalue weighted by Gasteiger charge is -2.04. The monoisotopic (exact) mass is 265 g/mol. The molecular weight excluding hydrogens is 238 g/mol. The predicted octanol–water partition coefficient (Wildman–Crippen LogP) is 2.49. The van der Waals surface area contributed by atoms with Crippen LogP contribution in [0.3, 0.4) is 0 Å². The van der Waals surface area contributed by atoms with Gasteiger partial charge in [0.25, 0.3) is 0 Å². The quantitative estimate of drug-likeness (QED) is 0.638. The fraction of sp³-hybridized carbons (Fsp3) is 0.800. The summed E-state index contributed by atoms with van der Waals surface area (Å²) in [5.74, 6) is 1.69. The maximum atomic E-state index is 5.35. The van der Waals surface area contributed by atoms with Gasteiger partial charge in [-0.3, -0.25) is 0 Å². The molecule has 108 valence electrons. The molecule has 1 heterocycles. The number of aromatic nitrogens is 1. The van der Waals surface area contributed by atoms with Crippen molar-refractivity contribution < 1.29 is 4.52 Å². The Hall–Kier alpha value is -0.870. The highest BCUT2D eigenvalue weighted by molar-refractivity contribution is 5.05. The van der Waals surface area contributed by atoms with Crippen LogP contribution in [0.25, 0.3) is 0 Å². The Labute approximate surface area is 116 Å². The van der Waals surface area contributed by atoms with Crippen molar-refractivity contribution in [1.82, 2.24) is 15.8 Å². The van der Waals surface area contributed by atoms with Gasteiger partial charge in [-0.05, 0) is 44.7 Å². The molecule has 0 amide bonds. The largest absolute Gasteiger partial charge is 0.361 e. The molecule has 4 nitrogen and oxygen atoms in total. The highest BCUT2D eigenvalue weighted by atomic mass is 16.5. The van der Waals surface area contributed by atoms with Gasteiger partial charge in [-0.15, -0.1) is 0 Å². The zero-order valence-electron chi connectivity index (χ0n) is 12.2. The smallest absolute Gasteiger partial charge is 0.137 e. The highest BCUT2D eigenvalue weighted by Gasteiger charge is 2.19. The Morgan fingerprint density at radius 1 is 1.37 bits per heavy atom. The van der Waals surface area contributed by atoms with E-state index in [1.807, 2.05) is 0 Å². The summed E-state index contributed by atoms with van der Waals surface area (Å²) < 4.78 is 5.35. The molecule has 0 spiro atoms. The molecule has 0 unspecified atom stereocenters. The van der Waals surface area contributed by atoms with Crippen molar-refractivity contribution in [2.24, 2.45) is 5.92 Å². The van der Waals surface area contributed by atoms with E-state index in [0.717, 1.165) is 43.6 Å². The Morgan fingerprint density at radius 2 is 2.21 bits per heavy atom. The first-order valence-electron chi connectivity index (χ1n) is 7.62. The van der Waals surface area contributed by atoms with Crippen molar-refractivity contribution in [1.29, 1.82) is 0 Å². The Kier molecular flexibility index (Phi) is 5.86. The van der Waals surface area contributed by atoms with Crippen LogP contribution in [0.4, 0.5) is 0 Å². The van der Waals surface area contributed by atoms with Gasteiger partial charge in [-0.1, -0.05) is 19.0 Å². The van der Waals surface area contributed by atoms with Gasteiger partial charge in [0.15, 0.2) is 0 Å². The first kappa shape index (κ1) is 14.5. The summed E-state index contributed by atoms with van der Waals surface area (Å²) in [5, 5.41) is 11.0. The number of rotatable bonds is 10. The molecule has 1 aliphatic rings. The Morgan fingerprint density at radius 3 is 2.95 bits per heavy atom. The minimum absolute atomic E-state index is 0.672. The molecule has 2 N–H and O–H groups in total. The lowest BCUT2D eigenvalue weighted by Crippen LogP contribution is -2.19. The summed E-state index contributed by atoms with van der Waals surface area (Å²) in [6.45, 7) is 7.38. The fourth-order valence-corrected chi connectivity index (χ4v) is 2.06. The number of nitrogens with zero attached hydrogens (tertiary/aromatic N) is 1. The summed E-state index contributed by atoms with van der Waals surface area (Å²) in [4.78, 5) is 0. The summed E-state index contributed by atoms with van der Waals surface area (Å²) in [5.41, 5.74) is 1.02. The van der Waals surface area contributed by atoms with E-state index in [2.05, 4.69) is 35.7 Å². The van der Waals surface area contributed by atoms with E-state index in [9.17, 15) is 0 Å². The van der Waals surface area contributed by atoms with Crippen molar-refractivity contribution in [2.45, 2.75) is 58.5 Å². The molecule has 19 heavy (non-hydrogen) atoms. The summed E-state index contributed by atoms with van der Waals surface area (Å²) in [6, 6.07) is 2.91. The van der Waals surface area contributed by atoms with Gasteiger partial charge in [0, 0.05) is 25.1 Å². The fourth-order valence-electron chi connectivity index (χ4n) is 2.06. The molecule has 0 saturated heterocycles. The van der Waals surface area contributed by atoms with Crippen LogP contribution in [0.5, 0.6) is 0 Å². The van der Waals surface area contributed by atoms with E-state index < -0.39 is 0 Å². The zero-order chi connectivity index (χ0) is 13.5. The Bertz CT molecular complexity index is 358. The molecule has 0 atom stereocenters. The molecular formula is C15H27N3O. The standard InChI is InChI=1S/C15H27N3O/c1-12(2)10-16-11-14-9-15(19-18-14)5-3-4-8-17-13-6-7-13/h9,12-13,16-17H,3-8,10-11H2,1-2H3. The second-order valence-electron chi connectivity index (χ2n) is 5.99. The van der Waals surface area contributed by atoms with Crippen molar-refractivity contribution >= 4 is 0 Å². The average Bonchev–Trinajstić information content (AvgIpc) is 3.08. The van der Waals surface area contributed by atoms with Crippen molar-refractivity contribution in [3.05, 3.63) is 17.5 Å². The van der Waals surface area contributed by atoms with Crippen LogP contribution in [0.1, 0.15) is 51.0 Å². The molecule has 2 rings (SSSR count). The van der Waals surface area contributed by atoms with E-state index >= 15 is 0 Å². The van der Waals surface area contributed by atoms with Crippen molar-refractivity contribution in [3.8, 4) is 0 Å². The van der Waals surface area contributed by atoms with E-state index in [-0.39, 0.29) is 0 Å². The second-order valence-corrected chi connectivity index (χ2v) is 5.99. The van der Waals surface area contributed by atoms with Crippen LogP contribution >= 0.6 is 0 Å². The molecule has 1 aromatic heterocycles. The molecule has 1 saturated carbocycles. The number of nitrogens with one attached hydrogen (secondary N) is 2. The van der Waals surface area contributed by atoms with Crippen LogP contribution in [-0.2, 0) is 13.0 Å². The van der Waals surface area contributed by atoms with Crippen LogP contribution < -0.4 is 10.6 Å². The highest BCUT2D eigenvalue weighted by Crippen LogP contribution is 2.18. The predicted molar refractivity (Wildman–Crippen MR) is 77.0 cm³/mol. The number of hydrogen-bond donors (Lipinski definition) is 2. The number of hydrogen-bond acceptors (Lipinski definition) is 4. The van der Waals surface area contributed by atoms with Crippen LogP contribution in [0, 0.1) is 5.92 Å². The normalized spacial score (nSPS) is 15.3. The number of aryl methyl sites for hydroxylation is 1. The van der Waals surface area contributed by atoms with Gasteiger partial charge < -0.3 is 15.2 Å². The molecule has 1 fully saturated rings. The summed E-state index contributed by atoms with van der Waals surface area (Å²) in [7, 11) is 0. The summed E-state index contributed by atoms with van der Waals surface area (Å²) in [6.07, 6.45) is 6.14. The Balaban J connectivity index is 1.54. The SMILES string of the molecule is CC(C)CNCc1cc(CCCCNC2CC2)on1. The summed E-state index contributed by atoms with van der Waals surface area (Å²) >= 11 is 0. The third kappa shape index (κ3) is 6.21. The van der Waals surface area contributed by atoms with E-state index in [1.54, 1.807) is 0 Å². The van der Waals surface area contributed by atoms with Gasteiger partial charge >= 0.3 is 0 Å². The third-order valence-electron chi connectivity index (χ3n) is 3.33. The van der Waals surface area contributed by atoms with Gasteiger partial charge in [0.05, 0.1) is 5.69 Å².